The predicted octanol–water partition coefficient (Wildman–Crippen LogP) is 3.77. The second-order valence-electron chi connectivity index (χ2n) is 7.22. The molecule has 1 aliphatic heterocycles. The summed E-state index contributed by atoms with van der Waals surface area (Å²) in [5.41, 5.74) is 1.31. The first kappa shape index (κ1) is 22.3. The molecular weight excluding hydrogens is 446 g/mol. The number of methoxy groups -OCH3 is 2. The first-order valence-corrected chi connectivity index (χ1v) is 10.3. The second-order valence-corrected chi connectivity index (χ2v) is 7.62. The topological polar surface area (TPSA) is 102 Å². The monoisotopic (exact) mass is 465 g/mol. The van der Waals surface area contributed by atoms with Gasteiger partial charge < -0.3 is 19.5 Å². The molecule has 168 valence electrons. The highest BCUT2D eigenvalue weighted by atomic mass is 35.5. The zero-order valence-electron chi connectivity index (χ0n) is 17.9. The fourth-order valence-electron chi connectivity index (χ4n) is 3.79. The van der Waals surface area contributed by atoms with Crippen LogP contribution in [-0.2, 0) is 16.1 Å². The molecule has 1 fully saturated rings. The first-order valence-electron chi connectivity index (χ1n) is 9.96. The number of nitrogens with zero attached hydrogens (tertiary/aromatic N) is 3. The number of Topliss-reactive ketones (excluding diaryl/α,β-unsaturated/α-hetero) is 1. The third-order valence-electron chi connectivity index (χ3n) is 5.35. The molecule has 9 heteroatoms. The van der Waals surface area contributed by atoms with E-state index in [1.165, 1.54) is 31.3 Å². The number of ether oxygens (including phenoxy) is 2. The fraction of sp³-hybridized carbons (Fsp3) is 0.167. The SMILES string of the molecule is COc1cc(/C(O)=C2\C(=O)C(=O)N(Cc3ccccn3)C2c2ccncc2)c(OC)cc1Cl. The van der Waals surface area contributed by atoms with Crippen LogP contribution in [0.1, 0.15) is 22.9 Å². The molecule has 33 heavy (non-hydrogen) atoms. The quantitative estimate of drug-likeness (QED) is 0.336. The molecule has 1 amide bonds. The Morgan fingerprint density at radius 2 is 1.79 bits per heavy atom. The number of aliphatic hydroxyl groups excluding tert-OH is 1. The number of likely N-dealkylation sites (tertiary alicyclic amines) is 1. The minimum Gasteiger partial charge on any atom is -0.507 e. The summed E-state index contributed by atoms with van der Waals surface area (Å²) in [6, 6.07) is 10.8. The molecule has 1 atom stereocenters. The summed E-state index contributed by atoms with van der Waals surface area (Å²) in [5.74, 6) is -1.46. The Balaban J connectivity index is 1.91. The third-order valence-corrected chi connectivity index (χ3v) is 5.64. The van der Waals surface area contributed by atoms with E-state index in [2.05, 4.69) is 9.97 Å². The van der Waals surface area contributed by atoms with Crippen molar-refractivity contribution >= 4 is 29.1 Å². The number of pyridine rings is 2. The third kappa shape index (κ3) is 4.12. The molecule has 2 aromatic heterocycles. The fourth-order valence-corrected chi connectivity index (χ4v) is 4.02. The number of aliphatic hydroxyl groups is 1. The van der Waals surface area contributed by atoms with Crippen molar-refractivity contribution < 1.29 is 24.2 Å². The lowest BCUT2D eigenvalue weighted by molar-refractivity contribution is -0.140. The van der Waals surface area contributed by atoms with Crippen molar-refractivity contribution in [2.45, 2.75) is 12.6 Å². The average molecular weight is 466 g/mol. The average Bonchev–Trinajstić information content (AvgIpc) is 3.09. The maximum absolute atomic E-state index is 13.2. The number of rotatable bonds is 6. The summed E-state index contributed by atoms with van der Waals surface area (Å²) in [6.07, 6.45) is 4.72. The van der Waals surface area contributed by atoms with E-state index in [-0.39, 0.29) is 34.2 Å². The van der Waals surface area contributed by atoms with Crippen LogP contribution in [-0.4, -0.2) is 45.9 Å². The minimum atomic E-state index is -0.860. The normalized spacial score (nSPS) is 17.3. The maximum Gasteiger partial charge on any atom is 0.296 e. The Bertz CT molecular complexity index is 1230. The summed E-state index contributed by atoms with van der Waals surface area (Å²) in [6.45, 7) is 0.0796. The molecule has 1 aliphatic rings. The number of hydrogen-bond donors (Lipinski definition) is 1. The van der Waals surface area contributed by atoms with E-state index >= 15 is 0 Å². The van der Waals surface area contributed by atoms with Gasteiger partial charge in [0.2, 0.25) is 0 Å². The van der Waals surface area contributed by atoms with Gasteiger partial charge in [-0.3, -0.25) is 19.6 Å². The summed E-state index contributed by atoms with van der Waals surface area (Å²) in [7, 11) is 2.84. The molecule has 0 aliphatic carbocycles. The van der Waals surface area contributed by atoms with Gasteiger partial charge in [0.05, 0.1) is 48.7 Å². The van der Waals surface area contributed by atoms with Gasteiger partial charge in [-0.1, -0.05) is 17.7 Å². The Hall–Kier alpha value is -3.91. The minimum absolute atomic E-state index is 0.0789. The van der Waals surface area contributed by atoms with E-state index in [1.807, 2.05) is 0 Å². The van der Waals surface area contributed by atoms with Gasteiger partial charge in [-0.05, 0) is 35.9 Å². The van der Waals surface area contributed by atoms with E-state index in [4.69, 9.17) is 21.1 Å². The van der Waals surface area contributed by atoms with Crippen LogP contribution >= 0.6 is 11.6 Å². The largest absolute Gasteiger partial charge is 0.507 e. The predicted molar refractivity (Wildman–Crippen MR) is 121 cm³/mol. The van der Waals surface area contributed by atoms with Gasteiger partial charge in [-0.15, -0.1) is 0 Å². The standard InChI is InChI=1S/C24H20ClN3O5/c1-32-18-12-17(25)19(33-2)11-16(18)22(29)20-21(14-6-9-26-10-7-14)28(24(31)23(20)30)13-15-5-3-4-8-27-15/h3-12,21,29H,13H2,1-2H3/b22-20+. The molecule has 0 bridgehead atoms. The van der Waals surface area contributed by atoms with E-state index in [1.54, 1.807) is 48.9 Å². The molecule has 1 unspecified atom stereocenters. The van der Waals surface area contributed by atoms with Gasteiger partial charge >= 0.3 is 0 Å². The van der Waals surface area contributed by atoms with Crippen LogP contribution in [0.2, 0.25) is 5.02 Å². The molecular formula is C24H20ClN3O5. The van der Waals surface area contributed by atoms with Gasteiger partial charge in [0.1, 0.15) is 17.3 Å². The Morgan fingerprint density at radius 1 is 1.06 bits per heavy atom. The van der Waals surface area contributed by atoms with E-state index in [0.29, 0.717) is 11.3 Å². The molecule has 1 saturated heterocycles. The lowest BCUT2D eigenvalue weighted by Gasteiger charge is -2.25. The van der Waals surface area contributed by atoms with E-state index < -0.39 is 23.5 Å². The van der Waals surface area contributed by atoms with Crippen LogP contribution in [0.25, 0.3) is 5.76 Å². The highest BCUT2D eigenvalue weighted by Gasteiger charge is 2.46. The van der Waals surface area contributed by atoms with Crippen molar-refractivity contribution in [2.24, 2.45) is 0 Å². The number of halogens is 1. The van der Waals surface area contributed by atoms with Crippen LogP contribution in [0.3, 0.4) is 0 Å². The van der Waals surface area contributed by atoms with E-state index in [0.717, 1.165) is 0 Å². The van der Waals surface area contributed by atoms with Crippen molar-refractivity contribution in [1.82, 2.24) is 14.9 Å². The van der Waals surface area contributed by atoms with Crippen LogP contribution in [0.4, 0.5) is 0 Å². The zero-order chi connectivity index (χ0) is 23.5. The van der Waals surface area contributed by atoms with Crippen molar-refractivity contribution in [3.05, 3.63) is 88.5 Å². The van der Waals surface area contributed by atoms with Crippen LogP contribution < -0.4 is 9.47 Å². The summed E-state index contributed by atoms with van der Waals surface area (Å²) in [5, 5.41) is 11.6. The number of hydrogen-bond acceptors (Lipinski definition) is 7. The van der Waals surface area contributed by atoms with Gasteiger partial charge in [0.25, 0.3) is 11.7 Å². The number of carbonyl (C=O) groups is 2. The Labute approximate surface area is 195 Å². The van der Waals surface area contributed by atoms with Crippen molar-refractivity contribution in [2.75, 3.05) is 14.2 Å². The van der Waals surface area contributed by atoms with Crippen molar-refractivity contribution in [3.8, 4) is 11.5 Å². The summed E-state index contributed by atoms with van der Waals surface area (Å²) >= 11 is 6.19. The number of amides is 1. The van der Waals surface area contributed by atoms with Gasteiger partial charge in [0, 0.05) is 24.7 Å². The van der Waals surface area contributed by atoms with Crippen molar-refractivity contribution in [1.29, 1.82) is 0 Å². The second kappa shape index (κ2) is 9.30. The molecule has 8 nitrogen and oxygen atoms in total. The zero-order valence-corrected chi connectivity index (χ0v) is 18.6. The summed E-state index contributed by atoms with van der Waals surface area (Å²) < 4.78 is 10.6. The maximum atomic E-state index is 13.2. The molecule has 1 N–H and O–H groups in total. The van der Waals surface area contributed by atoms with Gasteiger partial charge in [-0.2, -0.15) is 0 Å². The Morgan fingerprint density at radius 3 is 2.42 bits per heavy atom. The van der Waals surface area contributed by atoms with Gasteiger partial charge in [-0.25, -0.2) is 0 Å². The lowest BCUT2D eigenvalue weighted by Crippen LogP contribution is -2.29. The van der Waals surface area contributed by atoms with Crippen LogP contribution in [0.15, 0.2) is 66.6 Å². The highest BCUT2D eigenvalue weighted by Crippen LogP contribution is 2.43. The molecule has 3 aromatic rings. The van der Waals surface area contributed by atoms with Crippen LogP contribution in [0.5, 0.6) is 11.5 Å². The number of benzene rings is 1. The Kier molecular flexibility index (Phi) is 6.28. The van der Waals surface area contributed by atoms with Gasteiger partial charge in [0.15, 0.2) is 0 Å². The lowest BCUT2D eigenvalue weighted by atomic mass is 9.95. The number of aromatic nitrogens is 2. The summed E-state index contributed by atoms with van der Waals surface area (Å²) in [4.78, 5) is 35.9. The first-order chi connectivity index (χ1) is 16.0. The molecule has 0 radical (unpaired) electrons. The number of carbonyl (C=O) groups excluding carboxylic acids is 2. The smallest absolute Gasteiger partial charge is 0.296 e. The molecule has 4 rings (SSSR count). The van der Waals surface area contributed by atoms with Crippen LogP contribution in [0, 0.1) is 0 Å². The molecule has 0 spiro atoms. The van der Waals surface area contributed by atoms with Crippen molar-refractivity contribution in [3.63, 3.8) is 0 Å². The number of ketones is 1. The van der Waals surface area contributed by atoms with E-state index in [9.17, 15) is 14.7 Å². The highest BCUT2D eigenvalue weighted by molar-refractivity contribution is 6.46. The molecule has 1 aromatic carbocycles. The molecule has 0 saturated carbocycles. The molecule has 3 heterocycles.